The van der Waals surface area contributed by atoms with Gasteiger partial charge < -0.3 is 34.6 Å². The van der Waals surface area contributed by atoms with E-state index >= 15 is 0 Å². The summed E-state index contributed by atoms with van der Waals surface area (Å²) in [5, 5.41) is 13.3. The molecule has 40 heavy (non-hydrogen) atoms. The van der Waals surface area contributed by atoms with E-state index in [1.54, 1.807) is 30.9 Å². The van der Waals surface area contributed by atoms with Gasteiger partial charge >= 0.3 is 12.0 Å². The van der Waals surface area contributed by atoms with Gasteiger partial charge in [0.15, 0.2) is 0 Å². The number of carbonyl (C=O) groups excluding carboxylic acids is 1. The number of amides is 2. The number of aromatic nitrogens is 2. The second kappa shape index (κ2) is 11.0. The Morgan fingerprint density at radius 2 is 1.93 bits per heavy atom. The van der Waals surface area contributed by atoms with Crippen molar-refractivity contribution >= 4 is 46.0 Å². The maximum atomic E-state index is 13.2. The molecular weight excluding hydrogens is 534 g/mol. The number of rotatable bonds is 7. The lowest BCUT2D eigenvalue weighted by Crippen LogP contribution is -2.57. The van der Waals surface area contributed by atoms with Crippen LogP contribution >= 0.6 is 11.6 Å². The highest BCUT2D eigenvalue weighted by molar-refractivity contribution is 6.34. The van der Waals surface area contributed by atoms with Crippen molar-refractivity contribution in [3.8, 4) is 5.69 Å². The summed E-state index contributed by atoms with van der Waals surface area (Å²) >= 11 is 6.72. The minimum atomic E-state index is -1.31. The second-order valence-electron chi connectivity index (χ2n) is 10.8. The van der Waals surface area contributed by atoms with Crippen LogP contribution in [-0.4, -0.2) is 103 Å². The van der Waals surface area contributed by atoms with Crippen LogP contribution in [0.15, 0.2) is 41.5 Å². The van der Waals surface area contributed by atoms with Crippen LogP contribution in [0, 0.1) is 0 Å². The van der Waals surface area contributed by atoms with Crippen molar-refractivity contribution in [2.75, 3.05) is 64.2 Å². The van der Waals surface area contributed by atoms with Gasteiger partial charge in [-0.25, -0.2) is 14.6 Å². The maximum absolute atomic E-state index is 13.2. The molecule has 0 unspecified atom stereocenters. The lowest BCUT2D eigenvalue weighted by molar-refractivity contribution is 0.0695. The number of anilines is 2. The van der Waals surface area contributed by atoms with Gasteiger partial charge in [-0.3, -0.25) is 4.79 Å². The lowest BCUT2D eigenvalue weighted by Gasteiger charge is -2.43. The molecule has 1 atom stereocenters. The largest absolute Gasteiger partial charge is 0.477 e. The highest BCUT2D eigenvalue weighted by Gasteiger charge is 2.30. The van der Waals surface area contributed by atoms with Crippen LogP contribution in [0.2, 0.25) is 5.02 Å². The zero-order valence-electron chi connectivity index (χ0n) is 23.1. The van der Waals surface area contributed by atoms with Crippen LogP contribution in [0.3, 0.4) is 0 Å². The topological polar surface area (TPSA) is 114 Å². The first-order chi connectivity index (χ1) is 19.0. The highest BCUT2D eigenvalue weighted by atomic mass is 35.5. The molecule has 2 aromatic heterocycles. The van der Waals surface area contributed by atoms with Crippen molar-refractivity contribution in [2.24, 2.45) is 0 Å². The standard InChI is InChI=1S/C28H34ClN7O4/c1-32(2)19-14-34(15-19)25-8-7-18(12-30-25)36-16-21(27(38)39)26(37)20-10-22(29)24(11-23(20)36)35-9-5-6-17(35)13-31-28(40)33(3)4/h7-8,10-12,16-17,19H,5-6,9,13-15H2,1-4H3,(H,31,40)(H,38,39)/t17-/m1/s1. The molecule has 4 heterocycles. The molecule has 212 valence electrons. The summed E-state index contributed by atoms with van der Waals surface area (Å²) in [5.74, 6) is -0.467. The third kappa shape index (κ3) is 5.18. The van der Waals surface area contributed by atoms with Crippen molar-refractivity contribution in [1.82, 2.24) is 24.7 Å². The molecule has 12 heteroatoms. The number of likely N-dealkylation sites (N-methyl/N-ethyl adjacent to an activating group) is 1. The number of aromatic carboxylic acids is 1. The lowest BCUT2D eigenvalue weighted by atomic mass is 10.1. The Kier molecular flexibility index (Phi) is 7.61. The number of hydrogen-bond acceptors (Lipinski definition) is 7. The smallest absolute Gasteiger partial charge is 0.341 e. The molecule has 2 N–H and O–H groups in total. The first kappa shape index (κ1) is 27.7. The van der Waals surface area contributed by atoms with E-state index in [9.17, 15) is 19.5 Å². The first-order valence-corrected chi connectivity index (χ1v) is 13.6. The van der Waals surface area contributed by atoms with E-state index in [1.165, 1.54) is 11.1 Å². The Hall–Kier alpha value is -3.83. The Morgan fingerprint density at radius 3 is 2.55 bits per heavy atom. The number of hydrogen-bond donors (Lipinski definition) is 2. The summed E-state index contributed by atoms with van der Waals surface area (Å²) in [4.78, 5) is 49.9. The van der Waals surface area contributed by atoms with Gasteiger partial charge in [0.2, 0.25) is 5.43 Å². The summed E-state index contributed by atoms with van der Waals surface area (Å²) in [6, 6.07) is 7.52. The Morgan fingerprint density at radius 1 is 1.18 bits per heavy atom. The summed E-state index contributed by atoms with van der Waals surface area (Å²) in [6.45, 7) is 2.96. The van der Waals surface area contributed by atoms with Crippen LogP contribution in [-0.2, 0) is 0 Å². The number of pyridine rings is 2. The minimum absolute atomic E-state index is 0.0285. The molecule has 0 aliphatic carbocycles. The molecule has 0 radical (unpaired) electrons. The monoisotopic (exact) mass is 567 g/mol. The number of halogens is 1. The van der Waals surface area contributed by atoms with E-state index in [0.717, 1.165) is 44.0 Å². The number of carboxylic acid groups (broad SMARTS) is 1. The van der Waals surface area contributed by atoms with Crippen molar-refractivity contribution in [1.29, 1.82) is 0 Å². The Labute approximate surface area is 237 Å². The molecule has 5 rings (SSSR count). The van der Waals surface area contributed by atoms with Crippen molar-refractivity contribution in [3.63, 3.8) is 0 Å². The Bertz CT molecular complexity index is 1500. The number of carbonyl (C=O) groups is 2. The van der Waals surface area contributed by atoms with E-state index in [1.807, 2.05) is 18.2 Å². The van der Waals surface area contributed by atoms with Crippen LogP contribution in [0.1, 0.15) is 23.2 Å². The molecule has 2 aliphatic heterocycles. The van der Waals surface area contributed by atoms with Gasteiger partial charge in [-0.05, 0) is 51.2 Å². The van der Waals surface area contributed by atoms with Crippen LogP contribution < -0.4 is 20.5 Å². The number of fused-ring (bicyclic) bond motifs is 1. The molecule has 2 amide bonds. The fourth-order valence-electron chi connectivity index (χ4n) is 5.33. The normalized spacial score (nSPS) is 17.4. The molecule has 0 saturated carbocycles. The Balaban J connectivity index is 1.53. The number of urea groups is 1. The van der Waals surface area contributed by atoms with Crippen LogP contribution in [0.4, 0.5) is 16.3 Å². The van der Waals surface area contributed by atoms with Gasteiger partial charge in [0, 0.05) is 63.9 Å². The molecule has 0 spiro atoms. The third-order valence-electron chi connectivity index (χ3n) is 7.81. The van der Waals surface area contributed by atoms with Gasteiger partial charge in [-0.15, -0.1) is 0 Å². The summed E-state index contributed by atoms with van der Waals surface area (Å²) < 4.78 is 1.69. The van der Waals surface area contributed by atoms with Crippen molar-refractivity contribution in [3.05, 3.63) is 57.5 Å². The maximum Gasteiger partial charge on any atom is 0.341 e. The van der Waals surface area contributed by atoms with Crippen molar-refractivity contribution < 1.29 is 14.7 Å². The minimum Gasteiger partial charge on any atom is -0.477 e. The molecule has 0 bridgehead atoms. The van der Waals surface area contributed by atoms with E-state index < -0.39 is 11.4 Å². The summed E-state index contributed by atoms with van der Waals surface area (Å²) in [5.41, 5.74) is 0.951. The predicted molar refractivity (Wildman–Crippen MR) is 156 cm³/mol. The zero-order chi connectivity index (χ0) is 28.7. The summed E-state index contributed by atoms with van der Waals surface area (Å²) in [6.07, 6.45) is 4.85. The molecule has 2 saturated heterocycles. The molecule has 1 aromatic carbocycles. The average molecular weight is 568 g/mol. The molecule has 2 aliphatic rings. The van der Waals surface area contributed by atoms with Gasteiger partial charge in [0.05, 0.1) is 28.1 Å². The summed E-state index contributed by atoms with van der Waals surface area (Å²) in [7, 11) is 7.51. The second-order valence-corrected chi connectivity index (χ2v) is 11.2. The van der Waals surface area contributed by atoms with Crippen molar-refractivity contribution in [2.45, 2.75) is 24.9 Å². The predicted octanol–water partition coefficient (Wildman–Crippen LogP) is 2.73. The van der Waals surface area contributed by atoms with E-state index in [-0.39, 0.29) is 23.0 Å². The van der Waals surface area contributed by atoms with Crippen LogP contribution in [0.25, 0.3) is 16.6 Å². The fraction of sp³-hybridized carbons (Fsp3) is 0.429. The first-order valence-electron chi connectivity index (χ1n) is 13.3. The third-order valence-corrected chi connectivity index (χ3v) is 8.11. The SMILES string of the molecule is CN(C)C(=O)NC[C@H]1CCCN1c1cc2c(cc1Cl)c(=O)c(C(=O)O)cn2-c1ccc(N2CC(N(C)C)C2)nc1. The quantitative estimate of drug-likeness (QED) is 0.448. The van der Waals surface area contributed by atoms with E-state index in [0.29, 0.717) is 28.8 Å². The van der Waals surface area contributed by atoms with Gasteiger partial charge in [0.25, 0.3) is 0 Å². The number of nitrogens with one attached hydrogen (secondary N) is 1. The van der Waals surface area contributed by atoms with Gasteiger partial charge in [-0.2, -0.15) is 0 Å². The molecule has 2 fully saturated rings. The van der Waals surface area contributed by atoms with Gasteiger partial charge in [0.1, 0.15) is 11.4 Å². The average Bonchev–Trinajstić information content (AvgIpc) is 3.35. The van der Waals surface area contributed by atoms with E-state index in [2.05, 4.69) is 39.1 Å². The van der Waals surface area contributed by atoms with Crippen LogP contribution in [0.5, 0.6) is 0 Å². The number of carboxylic acids is 1. The zero-order valence-corrected chi connectivity index (χ0v) is 23.9. The number of nitrogens with zero attached hydrogens (tertiary/aromatic N) is 6. The molecule has 11 nitrogen and oxygen atoms in total. The highest BCUT2D eigenvalue weighted by Crippen LogP contribution is 2.35. The molecule has 3 aromatic rings. The number of benzene rings is 1. The van der Waals surface area contributed by atoms with E-state index in [4.69, 9.17) is 11.6 Å². The molecular formula is C28H34ClN7O4. The fourth-order valence-corrected chi connectivity index (χ4v) is 5.60. The van der Waals surface area contributed by atoms with Gasteiger partial charge in [-0.1, -0.05) is 11.6 Å².